The van der Waals surface area contributed by atoms with E-state index in [4.69, 9.17) is 5.73 Å². The standard InChI is InChI=1S/C18H38N2/c1-5-9-10-11-13-16-14-12-15-17(20(16)8-4)18(19,6-2)7-3/h16-17H,5-15,19H2,1-4H3. The zero-order valence-electron chi connectivity index (χ0n) is 14.5. The molecular formula is C18H38N2. The van der Waals surface area contributed by atoms with Gasteiger partial charge in [0.15, 0.2) is 0 Å². The molecule has 0 saturated carbocycles. The summed E-state index contributed by atoms with van der Waals surface area (Å²) in [5, 5.41) is 0. The van der Waals surface area contributed by atoms with E-state index in [1.807, 2.05) is 0 Å². The van der Waals surface area contributed by atoms with Crippen molar-refractivity contribution in [2.45, 2.75) is 110 Å². The number of nitrogens with two attached hydrogens (primary N) is 1. The lowest BCUT2D eigenvalue weighted by Gasteiger charge is -2.49. The van der Waals surface area contributed by atoms with Gasteiger partial charge >= 0.3 is 0 Å². The third-order valence-electron chi connectivity index (χ3n) is 5.62. The molecule has 0 aromatic heterocycles. The second-order valence-electron chi connectivity index (χ2n) is 6.72. The Labute approximate surface area is 127 Å². The molecule has 2 nitrogen and oxygen atoms in total. The van der Waals surface area contributed by atoms with Crippen LogP contribution in [0.3, 0.4) is 0 Å². The number of unbranched alkanes of at least 4 members (excludes halogenated alkanes) is 3. The van der Waals surface area contributed by atoms with Crippen molar-refractivity contribution in [2.75, 3.05) is 6.54 Å². The van der Waals surface area contributed by atoms with Gasteiger partial charge in [-0.15, -0.1) is 0 Å². The Balaban J connectivity index is 2.63. The van der Waals surface area contributed by atoms with Gasteiger partial charge in [0.2, 0.25) is 0 Å². The summed E-state index contributed by atoms with van der Waals surface area (Å²) >= 11 is 0. The molecule has 2 heteroatoms. The summed E-state index contributed by atoms with van der Waals surface area (Å²) in [4.78, 5) is 2.75. The molecule has 0 bridgehead atoms. The Morgan fingerprint density at radius 2 is 1.70 bits per heavy atom. The maximum Gasteiger partial charge on any atom is 0.0307 e. The lowest BCUT2D eigenvalue weighted by atomic mass is 9.78. The van der Waals surface area contributed by atoms with Gasteiger partial charge < -0.3 is 5.73 Å². The highest BCUT2D eigenvalue weighted by atomic mass is 15.2. The highest BCUT2D eigenvalue weighted by molar-refractivity contribution is 4.99. The van der Waals surface area contributed by atoms with Crippen molar-refractivity contribution in [1.82, 2.24) is 4.90 Å². The average Bonchev–Trinajstić information content (AvgIpc) is 2.50. The van der Waals surface area contributed by atoms with Crippen LogP contribution in [0, 0.1) is 0 Å². The van der Waals surface area contributed by atoms with E-state index in [1.165, 1.54) is 57.9 Å². The number of hydrogen-bond donors (Lipinski definition) is 1. The van der Waals surface area contributed by atoms with Crippen LogP contribution in [0.25, 0.3) is 0 Å². The maximum absolute atomic E-state index is 6.73. The molecule has 0 aromatic carbocycles. The molecule has 1 heterocycles. The number of likely N-dealkylation sites (N-methyl/N-ethyl adjacent to an activating group) is 1. The van der Waals surface area contributed by atoms with E-state index in [0.29, 0.717) is 6.04 Å². The van der Waals surface area contributed by atoms with Crippen LogP contribution in [-0.4, -0.2) is 29.1 Å². The Hall–Kier alpha value is -0.0800. The van der Waals surface area contributed by atoms with Gasteiger partial charge in [-0.05, 0) is 38.6 Å². The van der Waals surface area contributed by atoms with Gasteiger partial charge in [0.25, 0.3) is 0 Å². The van der Waals surface area contributed by atoms with E-state index in [-0.39, 0.29) is 5.54 Å². The Kier molecular flexibility index (Phi) is 8.13. The van der Waals surface area contributed by atoms with Crippen molar-refractivity contribution in [2.24, 2.45) is 5.73 Å². The quantitative estimate of drug-likeness (QED) is 0.620. The molecule has 0 aliphatic carbocycles. The second kappa shape index (κ2) is 9.04. The van der Waals surface area contributed by atoms with Gasteiger partial charge in [0.05, 0.1) is 0 Å². The minimum atomic E-state index is 0.0259. The number of hydrogen-bond acceptors (Lipinski definition) is 2. The van der Waals surface area contributed by atoms with Gasteiger partial charge in [-0.3, -0.25) is 4.90 Å². The SMILES string of the molecule is CCCCCCC1CCCC(C(N)(CC)CC)N1CC. The van der Waals surface area contributed by atoms with E-state index >= 15 is 0 Å². The lowest BCUT2D eigenvalue weighted by Crippen LogP contribution is -2.61. The molecule has 0 amide bonds. The summed E-state index contributed by atoms with van der Waals surface area (Å²) in [6, 6.07) is 1.39. The zero-order valence-corrected chi connectivity index (χ0v) is 14.5. The topological polar surface area (TPSA) is 29.3 Å². The van der Waals surface area contributed by atoms with Crippen molar-refractivity contribution in [3.8, 4) is 0 Å². The Morgan fingerprint density at radius 3 is 2.25 bits per heavy atom. The van der Waals surface area contributed by atoms with Crippen LogP contribution in [0.1, 0.15) is 91.9 Å². The van der Waals surface area contributed by atoms with Crippen LogP contribution in [0.4, 0.5) is 0 Å². The third kappa shape index (κ3) is 4.46. The number of nitrogens with zero attached hydrogens (tertiary/aromatic N) is 1. The van der Waals surface area contributed by atoms with Crippen LogP contribution >= 0.6 is 0 Å². The van der Waals surface area contributed by atoms with E-state index in [9.17, 15) is 0 Å². The van der Waals surface area contributed by atoms with Crippen molar-refractivity contribution < 1.29 is 0 Å². The van der Waals surface area contributed by atoms with Gasteiger partial charge in [-0.25, -0.2) is 0 Å². The van der Waals surface area contributed by atoms with Gasteiger partial charge in [-0.1, -0.05) is 59.8 Å². The Morgan fingerprint density at radius 1 is 1.00 bits per heavy atom. The summed E-state index contributed by atoms with van der Waals surface area (Å²) < 4.78 is 0. The fourth-order valence-electron chi connectivity index (χ4n) is 4.07. The summed E-state index contributed by atoms with van der Waals surface area (Å²) in [6.07, 6.45) is 13.2. The summed E-state index contributed by atoms with van der Waals surface area (Å²) in [6.45, 7) is 10.3. The third-order valence-corrected chi connectivity index (χ3v) is 5.62. The first-order chi connectivity index (χ1) is 9.62. The summed E-state index contributed by atoms with van der Waals surface area (Å²) in [5.74, 6) is 0. The number of rotatable bonds is 9. The van der Waals surface area contributed by atoms with Crippen molar-refractivity contribution in [3.05, 3.63) is 0 Å². The van der Waals surface area contributed by atoms with Gasteiger partial charge in [0.1, 0.15) is 0 Å². The monoisotopic (exact) mass is 282 g/mol. The minimum absolute atomic E-state index is 0.0259. The van der Waals surface area contributed by atoms with E-state index in [0.717, 1.165) is 18.9 Å². The molecule has 1 saturated heterocycles. The molecule has 0 aromatic rings. The molecule has 1 aliphatic heterocycles. The van der Waals surface area contributed by atoms with Crippen LogP contribution in [0.15, 0.2) is 0 Å². The largest absolute Gasteiger partial charge is 0.324 e. The van der Waals surface area contributed by atoms with Gasteiger partial charge in [-0.2, -0.15) is 0 Å². The molecule has 2 unspecified atom stereocenters. The highest BCUT2D eigenvalue weighted by Gasteiger charge is 2.39. The van der Waals surface area contributed by atoms with E-state index in [1.54, 1.807) is 0 Å². The fourth-order valence-corrected chi connectivity index (χ4v) is 4.07. The lowest BCUT2D eigenvalue weighted by molar-refractivity contribution is 0.0297. The molecule has 1 fully saturated rings. The van der Waals surface area contributed by atoms with E-state index in [2.05, 4.69) is 32.6 Å². The van der Waals surface area contributed by atoms with Crippen molar-refractivity contribution in [1.29, 1.82) is 0 Å². The molecule has 2 atom stereocenters. The number of likely N-dealkylation sites (tertiary alicyclic amines) is 1. The molecule has 1 rings (SSSR count). The first-order valence-electron chi connectivity index (χ1n) is 9.17. The smallest absolute Gasteiger partial charge is 0.0307 e. The van der Waals surface area contributed by atoms with Crippen LogP contribution in [0.2, 0.25) is 0 Å². The molecule has 0 spiro atoms. The van der Waals surface area contributed by atoms with Gasteiger partial charge in [0, 0.05) is 17.6 Å². The zero-order chi connectivity index (χ0) is 15.0. The number of piperidine rings is 1. The first-order valence-corrected chi connectivity index (χ1v) is 9.17. The van der Waals surface area contributed by atoms with Crippen molar-refractivity contribution >= 4 is 0 Å². The summed E-state index contributed by atoms with van der Waals surface area (Å²) in [7, 11) is 0. The predicted octanol–water partition coefficient (Wildman–Crippen LogP) is 4.72. The fraction of sp³-hybridized carbons (Fsp3) is 1.00. The average molecular weight is 283 g/mol. The summed E-state index contributed by atoms with van der Waals surface area (Å²) in [5.41, 5.74) is 6.76. The molecule has 1 aliphatic rings. The van der Waals surface area contributed by atoms with Crippen molar-refractivity contribution in [3.63, 3.8) is 0 Å². The highest BCUT2D eigenvalue weighted by Crippen LogP contribution is 2.34. The van der Waals surface area contributed by atoms with Crippen LogP contribution in [-0.2, 0) is 0 Å². The molecule has 120 valence electrons. The normalized spacial score (nSPS) is 25.1. The predicted molar refractivity (Wildman–Crippen MR) is 90.1 cm³/mol. The van der Waals surface area contributed by atoms with Crippen LogP contribution in [0.5, 0.6) is 0 Å². The maximum atomic E-state index is 6.73. The molecule has 20 heavy (non-hydrogen) atoms. The molecule has 2 N–H and O–H groups in total. The first kappa shape index (κ1) is 18.0. The van der Waals surface area contributed by atoms with E-state index < -0.39 is 0 Å². The van der Waals surface area contributed by atoms with Crippen LogP contribution < -0.4 is 5.73 Å². The minimum Gasteiger partial charge on any atom is -0.324 e. The molecular weight excluding hydrogens is 244 g/mol. The Bertz CT molecular complexity index is 248. The second-order valence-corrected chi connectivity index (χ2v) is 6.72. The molecule has 0 radical (unpaired) electrons.